The highest BCUT2D eigenvalue weighted by molar-refractivity contribution is 5.68. The summed E-state index contributed by atoms with van der Waals surface area (Å²) in [7, 11) is 0. The average Bonchev–Trinajstić information content (AvgIpc) is 2.54. The van der Waals surface area contributed by atoms with Gasteiger partial charge in [-0.3, -0.25) is 0 Å². The molecule has 2 heterocycles. The van der Waals surface area contributed by atoms with Crippen LogP contribution < -0.4 is 4.74 Å². The summed E-state index contributed by atoms with van der Waals surface area (Å²) in [5.74, 6) is 0.907. The molecule has 1 fully saturated rings. The van der Waals surface area contributed by atoms with Crippen LogP contribution in [0.4, 0.5) is 4.79 Å². The fraction of sp³-hybridized carbons (Fsp3) is 0.611. The maximum atomic E-state index is 12.0. The first-order chi connectivity index (χ1) is 11.4. The maximum Gasteiger partial charge on any atom is 0.410 e. The van der Waals surface area contributed by atoms with Gasteiger partial charge in [0.15, 0.2) is 0 Å². The first-order valence-electron chi connectivity index (χ1n) is 8.35. The van der Waals surface area contributed by atoms with Gasteiger partial charge in [-0.2, -0.15) is 5.26 Å². The Morgan fingerprint density at radius 3 is 2.75 bits per heavy atom. The third-order valence-electron chi connectivity index (χ3n) is 3.92. The van der Waals surface area contributed by atoms with Crippen LogP contribution in [0.3, 0.4) is 0 Å². The Labute approximate surface area is 143 Å². The largest absolute Gasteiger partial charge is 0.477 e. The van der Waals surface area contributed by atoms with Gasteiger partial charge in [-0.15, -0.1) is 0 Å². The predicted octanol–water partition coefficient (Wildman–Crippen LogP) is 3.37. The van der Waals surface area contributed by atoms with Crippen LogP contribution in [0.2, 0.25) is 0 Å². The van der Waals surface area contributed by atoms with E-state index in [1.54, 1.807) is 23.2 Å². The number of rotatable bonds is 4. The number of carbonyl (C=O) groups excluding carboxylic acids is 1. The van der Waals surface area contributed by atoms with E-state index in [4.69, 9.17) is 14.7 Å². The fourth-order valence-electron chi connectivity index (χ4n) is 2.64. The van der Waals surface area contributed by atoms with Gasteiger partial charge in [0.25, 0.3) is 0 Å². The van der Waals surface area contributed by atoms with Gasteiger partial charge in [-0.25, -0.2) is 9.78 Å². The first kappa shape index (κ1) is 18.1. The van der Waals surface area contributed by atoms with Crippen LogP contribution in [0.15, 0.2) is 18.3 Å². The van der Waals surface area contributed by atoms with Crippen LogP contribution in [-0.4, -0.2) is 41.3 Å². The molecule has 2 rings (SSSR count). The molecule has 0 saturated carbocycles. The van der Waals surface area contributed by atoms with Gasteiger partial charge in [0.2, 0.25) is 5.88 Å². The van der Waals surface area contributed by atoms with Crippen molar-refractivity contribution in [2.45, 2.75) is 45.6 Å². The van der Waals surface area contributed by atoms with Crippen LogP contribution in [0.1, 0.15) is 45.6 Å². The van der Waals surface area contributed by atoms with E-state index in [0.29, 0.717) is 37.1 Å². The lowest BCUT2D eigenvalue weighted by atomic mass is 9.94. The highest BCUT2D eigenvalue weighted by Gasteiger charge is 2.26. The van der Waals surface area contributed by atoms with Crippen LogP contribution >= 0.6 is 0 Å². The van der Waals surface area contributed by atoms with Crippen molar-refractivity contribution in [1.29, 1.82) is 5.26 Å². The number of carbonyl (C=O) groups is 1. The van der Waals surface area contributed by atoms with Gasteiger partial charge in [0.05, 0.1) is 6.61 Å². The van der Waals surface area contributed by atoms with Gasteiger partial charge in [0.1, 0.15) is 17.2 Å². The summed E-state index contributed by atoms with van der Waals surface area (Å²) >= 11 is 0. The number of hydrogen-bond donors (Lipinski definition) is 0. The highest BCUT2D eigenvalue weighted by atomic mass is 16.6. The summed E-state index contributed by atoms with van der Waals surface area (Å²) in [6.45, 7) is 7.59. The second-order valence-corrected chi connectivity index (χ2v) is 7.02. The summed E-state index contributed by atoms with van der Waals surface area (Å²) in [5.41, 5.74) is 0.000331. The molecule has 0 atom stereocenters. The van der Waals surface area contributed by atoms with Crippen molar-refractivity contribution in [3.8, 4) is 11.9 Å². The molecule has 0 aromatic carbocycles. The number of likely N-dealkylation sites (tertiary alicyclic amines) is 1. The molecule has 130 valence electrons. The predicted molar refractivity (Wildman–Crippen MR) is 89.6 cm³/mol. The van der Waals surface area contributed by atoms with E-state index in [-0.39, 0.29) is 6.09 Å². The van der Waals surface area contributed by atoms with Crippen molar-refractivity contribution in [2.24, 2.45) is 5.92 Å². The number of aromatic nitrogens is 1. The van der Waals surface area contributed by atoms with Gasteiger partial charge in [-0.05, 0) is 58.1 Å². The van der Waals surface area contributed by atoms with E-state index in [9.17, 15) is 4.79 Å². The topological polar surface area (TPSA) is 75.4 Å². The van der Waals surface area contributed by atoms with Gasteiger partial charge in [0, 0.05) is 19.3 Å². The number of amides is 1. The third-order valence-corrected chi connectivity index (χ3v) is 3.92. The molecule has 1 amide bonds. The molecule has 0 spiro atoms. The van der Waals surface area contributed by atoms with E-state index < -0.39 is 5.60 Å². The minimum absolute atomic E-state index is 0.232. The van der Waals surface area contributed by atoms with Gasteiger partial charge in [-0.1, -0.05) is 0 Å². The number of ether oxygens (including phenoxy) is 2. The molecule has 0 aliphatic carbocycles. The Bertz CT molecular complexity index is 596. The van der Waals surface area contributed by atoms with Crippen molar-refractivity contribution < 1.29 is 14.3 Å². The standard InChI is InChI=1S/C18H25N3O3/c1-18(2,3)24-17(22)21-10-6-14(7-11-21)8-12-23-16-15(13-19)5-4-9-20-16/h4-5,9,14H,6-8,10-12H2,1-3H3. The zero-order valence-electron chi connectivity index (χ0n) is 14.6. The Morgan fingerprint density at radius 2 is 2.12 bits per heavy atom. The van der Waals surface area contributed by atoms with Crippen LogP contribution in [0, 0.1) is 17.2 Å². The molecule has 24 heavy (non-hydrogen) atoms. The van der Waals surface area contributed by atoms with Crippen LogP contribution in [-0.2, 0) is 4.74 Å². The van der Waals surface area contributed by atoms with E-state index in [1.165, 1.54) is 0 Å². The number of piperidine rings is 1. The molecule has 1 saturated heterocycles. The monoisotopic (exact) mass is 331 g/mol. The number of hydrogen-bond acceptors (Lipinski definition) is 5. The summed E-state index contributed by atoms with van der Waals surface area (Å²) in [6, 6.07) is 5.49. The van der Waals surface area contributed by atoms with E-state index in [1.807, 2.05) is 20.8 Å². The third kappa shape index (κ3) is 5.41. The maximum absolute atomic E-state index is 12.0. The molecule has 0 N–H and O–H groups in total. The van der Waals surface area contributed by atoms with Gasteiger partial charge >= 0.3 is 6.09 Å². The van der Waals surface area contributed by atoms with E-state index in [0.717, 1.165) is 19.3 Å². The molecule has 1 aliphatic rings. The molecule has 6 heteroatoms. The summed E-state index contributed by atoms with van der Waals surface area (Å²) in [5, 5.41) is 9.01. The molecular weight excluding hydrogens is 306 g/mol. The second kappa shape index (κ2) is 8.00. The Balaban J connectivity index is 1.72. The van der Waals surface area contributed by atoms with Crippen LogP contribution in [0.25, 0.3) is 0 Å². The van der Waals surface area contributed by atoms with Crippen molar-refractivity contribution in [2.75, 3.05) is 19.7 Å². The lowest BCUT2D eigenvalue weighted by Crippen LogP contribution is -2.41. The van der Waals surface area contributed by atoms with Crippen LogP contribution in [0.5, 0.6) is 5.88 Å². The van der Waals surface area contributed by atoms with Crippen molar-refractivity contribution in [1.82, 2.24) is 9.88 Å². The Kier molecular flexibility index (Phi) is 6.02. The average molecular weight is 331 g/mol. The number of nitrogens with zero attached hydrogens (tertiary/aromatic N) is 3. The summed E-state index contributed by atoms with van der Waals surface area (Å²) in [4.78, 5) is 17.9. The zero-order valence-corrected chi connectivity index (χ0v) is 14.6. The zero-order chi connectivity index (χ0) is 17.6. The van der Waals surface area contributed by atoms with E-state index >= 15 is 0 Å². The molecular formula is C18H25N3O3. The number of nitriles is 1. The van der Waals surface area contributed by atoms with Crippen molar-refractivity contribution in [3.63, 3.8) is 0 Å². The quantitative estimate of drug-likeness (QED) is 0.845. The minimum atomic E-state index is -0.455. The van der Waals surface area contributed by atoms with Crippen molar-refractivity contribution in [3.05, 3.63) is 23.9 Å². The number of pyridine rings is 1. The molecule has 0 unspecified atom stereocenters. The highest BCUT2D eigenvalue weighted by Crippen LogP contribution is 2.23. The Hall–Kier alpha value is -2.29. The molecule has 1 aromatic rings. The van der Waals surface area contributed by atoms with Crippen molar-refractivity contribution >= 4 is 6.09 Å². The molecule has 0 bridgehead atoms. The lowest BCUT2D eigenvalue weighted by Gasteiger charge is -2.33. The van der Waals surface area contributed by atoms with E-state index in [2.05, 4.69) is 11.1 Å². The second-order valence-electron chi connectivity index (χ2n) is 7.02. The minimum Gasteiger partial charge on any atom is -0.477 e. The molecule has 1 aliphatic heterocycles. The first-order valence-corrected chi connectivity index (χ1v) is 8.35. The fourth-order valence-corrected chi connectivity index (χ4v) is 2.64. The lowest BCUT2D eigenvalue weighted by molar-refractivity contribution is 0.0177. The summed E-state index contributed by atoms with van der Waals surface area (Å²) in [6.07, 6.45) is 4.16. The molecule has 1 aromatic heterocycles. The Morgan fingerprint density at radius 1 is 1.42 bits per heavy atom. The molecule has 0 radical (unpaired) electrons. The smallest absolute Gasteiger partial charge is 0.410 e. The normalized spacial score (nSPS) is 15.7. The molecule has 6 nitrogen and oxygen atoms in total. The van der Waals surface area contributed by atoms with Gasteiger partial charge < -0.3 is 14.4 Å². The SMILES string of the molecule is CC(C)(C)OC(=O)N1CCC(CCOc2ncccc2C#N)CC1. The summed E-state index contributed by atoms with van der Waals surface area (Å²) < 4.78 is 11.0.